The highest BCUT2D eigenvalue weighted by molar-refractivity contribution is 4.73. The lowest BCUT2D eigenvalue weighted by Crippen LogP contribution is -2.37. The Kier molecular flexibility index (Phi) is 7.09. The molecule has 3 nitrogen and oxygen atoms in total. The maximum absolute atomic E-state index is 5.87. The lowest BCUT2D eigenvalue weighted by molar-refractivity contribution is -0.0296. The van der Waals surface area contributed by atoms with E-state index in [0.29, 0.717) is 6.54 Å². The van der Waals surface area contributed by atoms with E-state index in [1.807, 2.05) is 0 Å². The third-order valence-electron chi connectivity index (χ3n) is 3.98. The second-order valence-electron chi connectivity index (χ2n) is 5.41. The van der Waals surface area contributed by atoms with Crippen LogP contribution in [0, 0.1) is 5.92 Å². The largest absolute Gasteiger partial charge is 0.381 e. The highest BCUT2D eigenvalue weighted by atomic mass is 16.5. The number of ether oxygens (including phenoxy) is 2. The predicted octanol–water partition coefficient (Wildman–Crippen LogP) is 2.73. The van der Waals surface area contributed by atoms with E-state index in [1.54, 1.807) is 0 Å². The van der Waals surface area contributed by atoms with Crippen molar-refractivity contribution in [2.75, 3.05) is 26.4 Å². The molecule has 1 saturated heterocycles. The summed E-state index contributed by atoms with van der Waals surface area (Å²) in [6, 6.07) is 0. The van der Waals surface area contributed by atoms with Crippen molar-refractivity contribution in [2.24, 2.45) is 11.7 Å². The van der Waals surface area contributed by atoms with Gasteiger partial charge in [-0.2, -0.15) is 0 Å². The first-order valence-corrected chi connectivity index (χ1v) is 7.12. The number of nitrogens with two attached hydrogens (primary N) is 1. The van der Waals surface area contributed by atoms with Crippen LogP contribution in [0.25, 0.3) is 0 Å². The number of hydrogen-bond acceptors (Lipinski definition) is 3. The quantitative estimate of drug-likeness (QED) is 0.667. The van der Waals surface area contributed by atoms with Gasteiger partial charge < -0.3 is 15.2 Å². The Balaban J connectivity index is 2.00. The van der Waals surface area contributed by atoms with Crippen molar-refractivity contribution >= 4 is 0 Å². The van der Waals surface area contributed by atoms with Crippen LogP contribution in [0.15, 0.2) is 0 Å². The average molecular weight is 243 g/mol. The average Bonchev–Trinajstić information content (AvgIpc) is 2.39. The van der Waals surface area contributed by atoms with Gasteiger partial charge in [0.25, 0.3) is 0 Å². The molecule has 1 aliphatic heterocycles. The van der Waals surface area contributed by atoms with Gasteiger partial charge in [-0.1, -0.05) is 19.8 Å². The zero-order chi connectivity index (χ0) is 12.6. The van der Waals surface area contributed by atoms with Crippen molar-refractivity contribution in [3.05, 3.63) is 0 Å². The zero-order valence-corrected chi connectivity index (χ0v) is 11.5. The van der Waals surface area contributed by atoms with E-state index in [4.69, 9.17) is 15.2 Å². The first-order chi connectivity index (χ1) is 8.20. The first-order valence-electron chi connectivity index (χ1n) is 7.12. The van der Waals surface area contributed by atoms with Crippen LogP contribution < -0.4 is 5.73 Å². The topological polar surface area (TPSA) is 44.5 Å². The zero-order valence-electron chi connectivity index (χ0n) is 11.5. The molecule has 1 atom stereocenters. The minimum Gasteiger partial charge on any atom is -0.381 e. The molecule has 2 N–H and O–H groups in total. The second-order valence-corrected chi connectivity index (χ2v) is 5.41. The molecule has 1 rings (SSSR count). The fourth-order valence-electron chi connectivity index (χ4n) is 2.19. The lowest BCUT2D eigenvalue weighted by Gasteiger charge is -2.27. The third kappa shape index (κ3) is 5.84. The molecule has 0 aromatic carbocycles. The molecular weight excluding hydrogens is 214 g/mol. The van der Waals surface area contributed by atoms with Crippen LogP contribution in [0.5, 0.6) is 0 Å². The summed E-state index contributed by atoms with van der Waals surface area (Å²) in [6.45, 7) is 7.62. The van der Waals surface area contributed by atoms with Crippen LogP contribution in [0.2, 0.25) is 0 Å². The van der Waals surface area contributed by atoms with E-state index in [-0.39, 0.29) is 5.60 Å². The molecule has 1 heterocycles. The Morgan fingerprint density at radius 3 is 2.59 bits per heavy atom. The summed E-state index contributed by atoms with van der Waals surface area (Å²) < 4.78 is 11.2. The Morgan fingerprint density at radius 2 is 2.00 bits per heavy atom. The third-order valence-corrected chi connectivity index (χ3v) is 3.98. The van der Waals surface area contributed by atoms with Crippen LogP contribution in [0.3, 0.4) is 0 Å². The van der Waals surface area contributed by atoms with Gasteiger partial charge in [-0.05, 0) is 38.5 Å². The van der Waals surface area contributed by atoms with Crippen LogP contribution in [0.1, 0.15) is 52.4 Å². The molecular formula is C14H29NO2. The molecule has 17 heavy (non-hydrogen) atoms. The summed E-state index contributed by atoms with van der Waals surface area (Å²) in [5, 5.41) is 0. The minimum atomic E-state index is -0.112. The SMILES string of the molecule is CCC(C)(CN)OCCCCC1CCOCC1. The smallest absolute Gasteiger partial charge is 0.0773 e. The molecule has 3 heteroatoms. The first kappa shape index (κ1) is 14.9. The standard InChI is InChI=1S/C14H29NO2/c1-3-14(2,12-15)17-9-5-4-6-13-7-10-16-11-8-13/h13H,3-12,15H2,1-2H3. The molecule has 0 saturated carbocycles. The Hall–Kier alpha value is -0.120. The molecule has 1 unspecified atom stereocenters. The fraction of sp³-hybridized carbons (Fsp3) is 1.00. The second kappa shape index (κ2) is 8.06. The highest BCUT2D eigenvalue weighted by Gasteiger charge is 2.20. The lowest BCUT2D eigenvalue weighted by atomic mass is 9.94. The normalized spacial score (nSPS) is 21.4. The number of unbranched alkanes of at least 4 members (excludes halogenated alkanes) is 1. The number of hydrogen-bond donors (Lipinski definition) is 1. The molecule has 0 aromatic rings. The Bertz CT molecular complexity index is 187. The van der Waals surface area contributed by atoms with E-state index >= 15 is 0 Å². The van der Waals surface area contributed by atoms with Gasteiger partial charge in [0, 0.05) is 26.4 Å². The predicted molar refractivity (Wildman–Crippen MR) is 71.1 cm³/mol. The van der Waals surface area contributed by atoms with Crippen LogP contribution in [-0.4, -0.2) is 32.0 Å². The van der Waals surface area contributed by atoms with Gasteiger partial charge in [-0.3, -0.25) is 0 Å². The molecule has 0 aliphatic carbocycles. The maximum Gasteiger partial charge on any atom is 0.0773 e. The van der Waals surface area contributed by atoms with Crippen molar-refractivity contribution in [3.63, 3.8) is 0 Å². The van der Waals surface area contributed by atoms with Gasteiger partial charge in [-0.15, -0.1) is 0 Å². The summed E-state index contributed by atoms with van der Waals surface area (Å²) in [5.74, 6) is 0.885. The molecule has 1 fully saturated rings. The summed E-state index contributed by atoms with van der Waals surface area (Å²) >= 11 is 0. The highest BCUT2D eigenvalue weighted by Crippen LogP contribution is 2.21. The van der Waals surface area contributed by atoms with Crippen molar-refractivity contribution in [1.82, 2.24) is 0 Å². The summed E-state index contributed by atoms with van der Waals surface area (Å²) in [4.78, 5) is 0. The van der Waals surface area contributed by atoms with Crippen molar-refractivity contribution < 1.29 is 9.47 Å². The maximum atomic E-state index is 5.87. The number of rotatable bonds is 8. The molecule has 0 bridgehead atoms. The van der Waals surface area contributed by atoms with Gasteiger partial charge in [0.05, 0.1) is 5.60 Å². The minimum absolute atomic E-state index is 0.112. The van der Waals surface area contributed by atoms with E-state index < -0.39 is 0 Å². The van der Waals surface area contributed by atoms with Gasteiger partial charge in [-0.25, -0.2) is 0 Å². The van der Waals surface area contributed by atoms with Crippen molar-refractivity contribution in [2.45, 2.75) is 58.0 Å². The van der Waals surface area contributed by atoms with Crippen molar-refractivity contribution in [3.8, 4) is 0 Å². The Morgan fingerprint density at radius 1 is 1.29 bits per heavy atom. The van der Waals surface area contributed by atoms with Gasteiger partial charge in [0.1, 0.15) is 0 Å². The molecule has 1 aliphatic rings. The summed E-state index contributed by atoms with van der Waals surface area (Å²) in [7, 11) is 0. The fourth-order valence-corrected chi connectivity index (χ4v) is 2.19. The van der Waals surface area contributed by atoms with Crippen molar-refractivity contribution in [1.29, 1.82) is 0 Å². The molecule has 0 radical (unpaired) electrons. The van der Waals surface area contributed by atoms with Crippen LogP contribution >= 0.6 is 0 Å². The Labute approximate surface area is 106 Å². The molecule has 0 spiro atoms. The van der Waals surface area contributed by atoms with Gasteiger partial charge >= 0.3 is 0 Å². The van der Waals surface area contributed by atoms with Gasteiger partial charge in [0.2, 0.25) is 0 Å². The molecule has 102 valence electrons. The molecule has 0 aromatic heterocycles. The van der Waals surface area contributed by atoms with E-state index in [9.17, 15) is 0 Å². The van der Waals surface area contributed by atoms with E-state index in [0.717, 1.165) is 38.6 Å². The summed E-state index contributed by atoms with van der Waals surface area (Å²) in [6.07, 6.45) is 7.25. The van der Waals surface area contributed by atoms with E-state index in [2.05, 4.69) is 13.8 Å². The van der Waals surface area contributed by atoms with Gasteiger partial charge in [0.15, 0.2) is 0 Å². The monoisotopic (exact) mass is 243 g/mol. The van der Waals surface area contributed by atoms with Crippen LogP contribution in [0.4, 0.5) is 0 Å². The molecule has 0 amide bonds. The van der Waals surface area contributed by atoms with Crippen LogP contribution in [-0.2, 0) is 9.47 Å². The van der Waals surface area contributed by atoms with E-state index in [1.165, 1.54) is 25.7 Å². The summed E-state index contributed by atoms with van der Waals surface area (Å²) in [5.41, 5.74) is 5.60.